The summed E-state index contributed by atoms with van der Waals surface area (Å²) in [6.07, 6.45) is 3.75. The molecule has 1 saturated carbocycles. The maximum Gasteiger partial charge on any atom is 0.118 e. The fourth-order valence-electron chi connectivity index (χ4n) is 2.57. The lowest BCUT2D eigenvalue weighted by Gasteiger charge is -2.41. The fraction of sp³-hybridized carbons (Fsp3) is 0.600. The van der Waals surface area contributed by atoms with Crippen molar-refractivity contribution in [2.45, 2.75) is 49.3 Å². The van der Waals surface area contributed by atoms with Gasteiger partial charge in [0.25, 0.3) is 0 Å². The number of methoxy groups -OCH3 is 1. The summed E-state index contributed by atoms with van der Waals surface area (Å²) in [4.78, 5) is 1.29. The number of hydrogen-bond acceptors (Lipinski definition) is 3. The lowest BCUT2D eigenvalue weighted by Crippen LogP contribution is -2.48. The van der Waals surface area contributed by atoms with Crippen LogP contribution in [0, 0.1) is 5.41 Å². The zero-order chi connectivity index (χ0) is 13.2. The van der Waals surface area contributed by atoms with E-state index in [2.05, 4.69) is 26.0 Å². The van der Waals surface area contributed by atoms with E-state index < -0.39 is 0 Å². The third-order valence-corrected chi connectivity index (χ3v) is 5.34. The second-order valence-electron chi connectivity index (χ2n) is 5.74. The summed E-state index contributed by atoms with van der Waals surface area (Å²) in [5, 5.41) is 0.530. The van der Waals surface area contributed by atoms with Crippen molar-refractivity contribution in [3.8, 4) is 5.75 Å². The van der Waals surface area contributed by atoms with Crippen molar-refractivity contribution in [1.29, 1.82) is 0 Å². The minimum atomic E-state index is 0.266. The summed E-state index contributed by atoms with van der Waals surface area (Å²) in [5.74, 6) is 0.910. The highest BCUT2D eigenvalue weighted by Gasteiger charge is 2.36. The van der Waals surface area contributed by atoms with E-state index in [4.69, 9.17) is 10.5 Å². The van der Waals surface area contributed by atoms with Crippen molar-refractivity contribution in [1.82, 2.24) is 0 Å². The first-order valence-corrected chi connectivity index (χ1v) is 7.47. The maximum absolute atomic E-state index is 6.42. The highest BCUT2D eigenvalue weighted by Crippen LogP contribution is 2.41. The van der Waals surface area contributed by atoms with Gasteiger partial charge in [0, 0.05) is 16.2 Å². The molecule has 1 aromatic carbocycles. The third kappa shape index (κ3) is 3.01. The zero-order valence-corrected chi connectivity index (χ0v) is 12.3. The van der Waals surface area contributed by atoms with Crippen LogP contribution < -0.4 is 10.5 Å². The van der Waals surface area contributed by atoms with Crippen molar-refractivity contribution >= 4 is 11.8 Å². The molecule has 100 valence electrons. The van der Waals surface area contributed by atoms with E-state index >= 15 is 0 Å². The molecular weight excluding hydrogens is 242 g/mol. The predicted octanol–water partition coefficient (Wildman–Crippen LogP) is 3.69. The minimum Gasteiger partial charge on any atom is -0.497 e. The molecule has 2 unspecified atom stereocenters. The van der Waals surface area contributed by atoms with Gasteiger partial charge in [-0.05, 0) is 42.5 Å². The van der Waals surface area contributed by atoms with Gasteiger partial charge < -0.3 is 10.5 Å². The highest BCUT2D eigenvalue weighted by molar-refractivity contribution is 8.00. The zero-order valence-electron chi connectivity index (χ0n) is 11.5. The smallest absolute Gasteiger partial charge is 0.118 e. The van der Waals surface area contributed by atoms with Gasteiger partial charge in [0.05, 0.1) is 7.11 Å². The topological polar surface area (TPSA) is 35.2 Å². The summed E-state index contributed by atoms with van der Waals surface area (Å²) in [6.45, 7) is 4.58. The Morgan fingerprint density at radius 2 is 1.94 bits per heavy atom. The van der Waals surface area contributed by atoms with Gasteiger partial charge in [-0.3, -0.25) is 0 Å². The second kappa shape index (κ2) is 5.54. The molecule has 0 heterocycles. The minimum absolute atomic E-state index is 0.266. The molecule has 0 radical (unpaired) electrons. The van der Waals surface area contributed by atoms with E-state index in [9.17, 15) is 0 Å². The first-order chi connectivity index (χ1) is 8.53. The van der Waals surface area contributed by atoms with Crippen molar-refractivity contribution in [2.24, 2.45) is 11.1 Å². The first kappa shape index (κ1) is 13.8. The fourth-order valence-corrected chi connectivity index (χ4v) is 4.01. The van der Waals surface area contributed by atoms with Crippen molar-refractivity contribution < 1.29 is 4.74 Å². The standard InChI is InChI=1S/C15H23NOS/c1-15(2)10-4-5-13(14(15)16)18-12-8-6-11(17-3)7-9-12/h6-9,13-14H,4-5,10,16H2,1-3H3. The lowest BCUT2D eigenvalue weighted by molar-refractivity contribution is 0.208. The van der Waals surface area contributed by atoms with Crippen LogP contribution in [0.4, 0.5) is 0 Å². The molecule has 18 heavy (non-hydrogen) atoms. The van der Waals surface area contributed by atoms with Gasteiger partial charge >= 0.3 is 0 Å². The second-order valence-corrected chi connectivity index (χ2v) is 7.05. The molecule has 0 saturated heterocycles. The highest BCUT2D eigenvalue weighted by atomic mass is 32.2. The third-order valence-electron chi connectivity index (χ3n) is 3.96. The average molecular weight is 265 g/mol. The van der Waals surface area contributed by atoms with Crippen LogP contribution in [-0.2, 0) is 0 Å². The van der Waals surface area contributed by atoms with Gasteiger partial charge in [-0.2, -0.15) is 0 Å². The molecule has 0 bridgehead atoms. The number of nitrogens with two attached hydrogens (primary N) is 1. The van der Waals surface area contributed by atoms with Crippen molar-refractivity contribution in [2.75, 3.05) is 7.11 Å². The molecule has 0 amide bonds. The van der Waals surface area contributed by atoms with Crippen LogP contribution in [0.5, 0.6) is 5.75 Å². The van der Waals surface area contributed by atoms with Crippen LogP contribution in [0.2, 0.25) is 0 Å². The first-order valence-electron chi connectivity index (χ1n) is 6.59. The van der Waals surface area contributed by atoms with Crippen LogP contribution in [0.15, 0.2) is 29.2 Å². The van der Waals surface area contributed by atoms with Crippen LogP contribution in [0.1, 0.15) is 33.1 Å². The number of thioether (sulfide) groups is 1. The largest absolute Gasteiger partial charge is 0.497 e. The van der Waals surface area contributed by atoms with E-state index in [0.29, 0.717) is 5.25 Å². The monoisotopic (exact) mass is 265 g/mol. The van der Waals surface area contributed by atoms with Crippen LogP contribution >= 0.6 is 11.8 Å². The number of rotatable bonds is 3. The average Bonchev–Trinajstić information content (AvgIpc) is 2.36. The molecule has 1 aliphatic carbocycles. The molecule has 1 fully saturated rings. The molecule has 2 rings (SSSR count). The Morgan fingerprint density at radius 1 is 1.28 bits per heavy atom. The summed E-state index contributed by atoms with van der Waals surface area (Å²) >= 11 is 1.91. The molecule has 1 aliphatic rings. The van der Waals surface area contributed by atoms with E-state index in [1.807, 2.05) is 23.9 Å². The molecule has 1 aromatic rings. The van der Waals surface area contributed by atoms with Crippen LogP contribution in [0.25, 0.3) is 0 Å². The van der Waals surface area contributed by atoms with Gasteiger partial charge in [0.1, 0.15) is 5.75 Å². The molecule has 0 aliphatic heterocycles. The Morgan fingerprint density at radius 3 is 2.56 bits per heavy atom. The van der Waals surface area contributed by atoms with Gasteiger partial charge in [-0.15, -0.1) is 11.8 Å². The van der Waals surface area contributed by atoms with Crippen LogP contribution in [0.3, 0.4) is 0 Å². The molecule has 0 aromatic heterocycles. The lowest BCUT2D eigenvalue weighted by atomic mass is 9.73. The molecule has 3 heteroatoms. The Bertz CT molecular complexity index is 388. The molecule has 2 nitrogen and oxygen atoms in total. The van der Waals surface area contributed by atoms with Crippen molar-refractivity contribution in [3.05, 3.63) is 24.3 Å². The van der Waals surface area contributed by atoms with E-state index in [0.717, 1.165) is 5.75 Å². The number of hydrogen-bond donors (Lipinski definition) is 1. The summed E-state index contributed by atoms with van der Waals surface area (Å²) in [6, 6.07) is 8.55. The quantitative estimate of drug-likeness (QED) is 0.905. The normalized spacial score (nSPS) is 26.9. The number of ether oxygens (including phenoxy) is 1. The molecular formula is C15H23NOS. The summed E-state index contributed by atoms with van der Waals surface area (Å²) in [5.41, 5.74) is 6.68. The van der Waals surface area contributed by atoms with Gasteiger partial charge in [0.2, 0.25) is 0 Å². The SMILES string of the molecule is COc1ccc(SC2CCCC(C)(C)C2N)cc1. The van der Waals surface area contributed by atoms with Gasteiger partial charge in [-0.25, -0.2) is 0 Å². The Kier molecular flexibility index (Phi) is 4.23. The van der Waals surface area contributed by atoms with Crippen molar-refractivity contribution in [3.63, 3.8) is 0 Å². The van der Waals surface area contributed by atoms with Gasteiger partial charge in [0.15, 0.2) is 0 Å². The number of benzene rings is 1. The van der Waals surface area contributed by atoms with Gasteiger partial charge in [-0.1, -0.05) is 20.3 Å². The molecule has 2 N–H and O–H groups in total. The van der Waals surface area contributed by atoms with Crippen LogP contribution in [-0.4, -0.2) is 18.4 Å². The molecule has 0 spiro atoms. The van der Waals surface area contributed by atoms with E-state index in [1.165, 1.54) is 24.2 Å². The predicted molar refractivity (Wildman–Crippen MR) is 78.2 cm³/mol. The summed E-state index contributed by atoms with van der Waals surface area (Å²) < 4.78 is 5.18. The van der Waals surface area contributed by atoms with E-state index in [-0.39, 0.29) is 11.5 Å². The van der Waals surface area contributed by atoms with E-state index in [1.54, 1.807) is 7.11 Å². The summed E-state index contributed by atoms with van der Waals surface area (Å²) in [7, 11) is 1.70. The Labute approximate surface area is 114 Å². The Hall–Kier alpha value is -0.670. The molecule has 2 atom stereocenters. The maximum atomic E-state index is 6.42. The Balaban J connectivity index is 2.03.